The van der Waals surface area contributed by atoms with Crippen molar-refractivity contribution in [2.75, 3.05) is 0 Å². The van der Waals surface area contributed by atoms with Gasteiger partial charge in [-0.3, -0.25) is 4.79 Å². The molecule has 0 bridgehead atoms. The van der Waals surface area contributed by atoms with Crippen molar-refractivity contribution in [3.63, 3.8) is 0 Å². The summed E-state index contributed by atoms with van der Waals surface area (Å²) < 4.78 is 4.61. The molecule has 1 rings (SSSR count). The highest BCUT2D eigenvalue weighted by Gasteiger charge is 1.84. The minimum Gasteiger partial charge on any atom is -0.462 e. The van der Waals surface area contributed by atoms with E-state index in [1.807, 2.05) is 0 Å². The van der Waals surface area contributed by atoms with Gasteiger partial charge in [-0.25, -0.2) is 0 Å². The van der Waals surface area contributed by atoms with Crippen molar-refractivity contribution in [1.82, 2.24) is 0 Å². The molecule has 3 nitrogen and oxygen atoms in total. The quantitative estimate of drug-likeness (QED) is 0.552. The molecule has 0 radical (unpaired) electrons. The van der Waals surface area contributed by atoms with Crippen LogP contribution in [0.25, 0.3) is 0 Å². The van der Waals surface area contributed by atoms with E-state index in [0.29, 0.717) is 12.0 Å². The summed E-state index contributed by atoms with van der Waals surface area (Å²) >= 11 is 0. The minimum atomic E-state index is 0.375. The Bertz CT molecular complexity index is 208. The Kier molecular flexibility index (Phi) is 4.70. The topological polar surface area (TPSA) is 54.0 Å². The third-order valence-electron chi connectivity index (χ3n) is 0.659. The molecular formula is C7H7NO2. The van der Waals surface area contributed by atoms with Crippen LogP contribution in [0.5, 0.6) is 0 Å². The lowest BCUT2D eigenvalue weighted by molar-refractivity contribution is 0.110. The maximum atomic E-state index is 9.77. The fraction of sp³-hybridized carbons (Fsp3) is 0.143. The highest BCUT2D eigenvalue weighted by Crippen LogP contribution is 1.92. The van der Waals surface area contributed by atoms with E-state index in [-0.39, 0.29) is 0 Å². The number of carbonyl (C=O) groups excluding carboxylic acids is 1. The molecule has 0 aliphatic carbocycles. The van der Waals surface area contributed by atoms with E-state index in [4.69, 9.17) is 5.26 Å². The Morgan fingerprint density at radius 1 is 1.80 bits per heavy atom. The standard InChI is InChI=1S/C5H4O2.C2H3N/c6-4-5-2-1-3-7-5;1-2-3/h1-4H;1H3. The summed E-state index contributed by atoms with van der Waals surface area (Å²) in [6, 6.07) is 5.02. The van der Waals surface area contributed by atoms with Crippen LogP contribution in [0.2, 0.25) is 0 Å². The lowest BCUT2D eigenvalue weighted by Crippen LogP contribution is -1.65. The Hall–Kier alpha value is -1.56. The van der Waals surface area contributed by atoms with Gasteiger partial charge < -0.3 is 4.42 Å². The van der Waals surface area contributed by atoms with Crippen LogP contribution in [0.3, 0.4) is 0 Å². The number of hydrogen-bond donors (Lipinski definition) is 0. The van der Waals surface area contributed by atoms with Crippen LogP contribution in [-0.2, 0) is 0 Å². The van der Waals surface area contributed by atoms with Crippen LogP contribution in [0.1, 0.15) is 17.5 Å². The number of hydrogen-bond acceptors (Lipinski definition) is 3. The molecule has 0 fully saturated rings. The van der Waals surface area contributed by atoms with Gasteiger partial charge in [0.15, 0.2) is 12.0 Å². The molecule has 0 aromatic carbocycles. The maximum Gasteiger partial charge on any atom is 0.185 e. The van der Waals surface area contributed by atoms with E-state index in [1.54, 1.807) is 18.2 Å². The van der Waals surface area contributed by atoms with E-state index < -0.39 is 0 Å². The van der Waals surface area contributed by atoms with Crippen molar-refractivity contribution >= 4 is 6.29 Å². The second-order valence-corrected chi connectivity index (χ2v) is 1.36. The van der Waals surface area contributed by atoms with Gasteiger partial charge >= 0.3 is 0 Å². The normalized spacial score (nSPS) is 6.80. The summed E-state index contributed by atoms with van der Waals surface area (Å²) in [4.78, 5) is 9.77. The minimum absolute atomic E-state index is 0.375. The molecule has 0 saturated carbocycles. The molecule has 1 aromatic heterocycles. The molecule has 0 N–H and O–H groups in total. The summed E-state index contributed by atoms with van der Waals surface area (Å²) in [6.07, 6.45) is 2.13. The van der Waals surface area contributed by atoms with E-state index in [1.165, 1.54) is 13.2 Å². The molecule has 0 amide bonds. The molecule has 1 heterocycles. The average molecular weight is 137 g/mol. The van der Waals surface area contributed by atoms with Crippen LogP contribution < -0.4 is 0 Å². The van der Waals surface area contributed by atoms with Crippen molar-refractivity contribution < 1.29 is 9.21 Å². The van der Waals surface area contributed by atoms with E-state index in [9.17, 15) is 4.79 Å². The number of rotatable bonds is 1. The van der Waals surface area contributed by atoms with Crippen molar-refractivity contribution in [1.29, 1.82) is 5.26 Å². The fourth-order valence-electron chi connectivity index (χ4n) is 0.358. The third kappa shape index (κ3) is 3.44. The monoisotopic (exact) mass is 137 g/mol. The zero-order chi connectivity index (χ0) is 7.82. The molecule has 1 aromatic rings. The number of furan rings is 1. The van der Waals surface area contributed by atoms with E-state index in [2.05, 4.69) is 4.42 Å². The largest absolute Gasteiger partial charge is 0.462 e. The lowest BCUT2D eigenvalue weighted by atomic mass is 10.5. The first-order chi connectivity index (χ1) is 4.85. The van der Waals surface area contributed by atoms with Gasteiger partial charge in [-0.05, 0) is 12.1 Å². The molecule has 3 heteroatoms. The van der Waals surface area contributed by atoms with Gasteiger partial charge in [-0.1, -0.05) is 0 Å². The molecule has 0 unspecified atom stereocenters. The second-order valence-electron chi connectivity index (χ2n) is 1.36. The van der Waals surface area contributed by atoms with Crippen molar-refractivity contribution in [2.24, 2.45) is 0 Å². The molecule has 0 aliphatic heterocycles. The van der Waals surface area contributed by atoms with Gasteiger partial charge in [0.2, 0.25) is 0 Å². The number of nitriles is 1. The first-order valence-electron chi connectivity index (χ1n) is 2.64. The number of nitrogens with zero attached hydrogens (tertiary/aromatic N) is 1. The van der Waals surface area contributed by atoms with Gasteiger partial charge in [0.1, 0.15) is 0 Å². The molecule has 10 heavy (non-hydrogen) atoms. The summed E-state index contributed by atoms with van der Waals surface area (Å²) in [5.74, 6) is 0.375. The predicted octanol–water partition coefficient (Wildman–Crippen LogP) is 1.62. The zero-order valence-corrected chi connectivity index (χ0v) is 5.57. The second kappa shape index (κ2) is 5.57. The molecule has 0 atom stereocenters. The Morgan fingerprint density at radius 2 is 2.40 bits per heavy atom. The third-order valence-corrected chi connectivity index (χ3v) is 0.659. The van der Waals surface area contributed by atoms with Gasteiger partial charge in [0.05, 0.1) is 12.3 Å². The molecular weight excluding hydrogens is 130 g/mol. The van der Waals surface area contributed by atoms with Gasteiger partial charge in [0.25, 0.3) is 0 Å². The van der Waals surface area contributed by atoms with Crippen LogP contribution in [0.15, 0.2) is 22.8 Å². The number of aldehydes is 1. The Morgan fingerprint density at radius 3 is 2.60 bits per heavy atom. The van der Waals surface area contributed by atoms with Gasteiger partial charge in [0, 0.05) is 6.92 Å². The van der Waals surface area contributed by atoms with Crippen molar-refractivity contribution in [2.45, 2.75) is 6.92 Å². The van der Waals surface area contributed by atoms with Crippen LogP contribution >= 0.6 is 0 Å². The SMILES string of the molecule is CC#N.O=Cc1ccco1. The predicted molar refractivity (Wildman–Crippen MR) is 35.4 cm³/mol. The number of carbonyl (C=O) groups is 1. The average Bonchev–Trinajstić information content (AvgIpc) is 2.39. The smallest absolute Gasteiger partial charge is 0.185 e. The van der Waals surface area contributed by atoms with E-state index in [0.717, 1.165) is 0 Å². The summed E-state index contributed by atoms with van der Waals surface area (Å²) in [7, 11) is 0. The van der Waals surface area contributed by atoms with Crippen LogP contribution in [0, 0.1) is 11.3 Å². The molecule has 0 aliphatic rings. The lowest BCUT2D eigenvalue weighted by Gasteiger charge is -1.68. The Labute approximate surface area is 58.9 Å². The van der Waals surface area contributed by atoms with Crippen LogP contribution in [0.4, 0.5) is 0 Å². The first-order valence-corrected chi connectivity index (χ1v) is 2.64. The summed E-state index contributed by atoms with van der Waals surface area (Å²) in [6.45, 7) is 1.43. The molecule has 52 valence electrons. The van der Waals surface area contributed by atoms with E-state index >= 15 is 0 Å². The van der Waals surface area contributed by atoms with Crippen LogP contribution in [-0.4, -0.2) is 6.29 Å². The first kappa shape index (κ1) is 8.44. The Balaban J connectivity index is 0.000000236. The van der Waals surface area contributed by atoms with Gasteiger partial charge in [-0.2, -0.15) is 5.26 Å². The van der Waals surface area contributed by atoms with Gasteiger partial charge in [-0.15, -0.1) is 0 Å². The highest BCUT2D eigenvalue weighted by atomic mass is 16.3. The maximum absolute atomic E-state index is 9.77. The molecule has 0 saturated heterocycles. The van der Waals surface area contributed by atoms with Crippen molar-refractivity contribution in [3.05, 3.63) is 24.2 Å². The fourth-order valence-corrected chi connectivity index (χ4v) is 0.358. The molecule has 0 spiro atoms. The summed E-state index contributed by atoms with van der Waals surface area (Å²) in [5, 5.41) is 7.32. The highest BCUT2D eigenvalue weighted by molar-refractivity contribution is 5.69. The summed E-state index contributed by atoms with van der Waals surface area (Å²) in [5.41, 5.74) is 0. The zero-order valence-electron chi connectivity index (χ0n) is 5.57. The van der Waals surface area contributed by atoms with Crippen molar-refractivity contribution in [3.8, 4) is 6.07 Å².